The minimum atomic E-state index is -0.532. The average Bonchev–Trinajstić information content (AvgIpc) is 2.80. The molecule has 0 spiro atoms. The van der Waals surface area contributed by atoms with Gasteiger partial charge in [0.25, 0.3) is 11.5 Å². The van der Waals surface area contributed by atoms with Crippen LogP contribution in [0.1, 0.15) is 32.8 Å². The largest absolute Gasteiger partial charge is 0.462 e. The lowest BCUT2D eigenvalue weighted by Crippen LogP contribution is -2.17. The van der Waals surface area contributed by atoms with Gasteiger partial charge >= 0.3 is 5.97 Å². The summed E-state index contributed by atoms with van der Waals surface area (Å²) in [5.41, 5.74) is 0.115. The van der Waals surface area contributed by atoms with E-state index in [1.807, 2.05) is 0 Å². The van der Waals surface area contributed by atoms with Gasteiger partial charge in [0.1, 0.15) is 10.6 Å². The quantitative estimate of drug-likeness (QED) is 0.813. The van der Waals surface area contributed by atoms with Gasteiger partial charge in [-0.2, -0.15) is 5.10 Å². The molecule has 9 heteroatoms. The van der Waals surface area contributed by atoms with Crippen LogP contribution < -0.4 is 10.9 Å². The molecule has 21 heavy (non-hydrogen) atoms. The van der Waals surface area contributed by atoms with Crippen LogP contribution in [0, 0.1) is 6.92 Å². The van der Waals surface area contributed by atoms with Gasteiger partial charge in [0.15, 0.2) is 5.13 Å². The van der Waals surface area contributed by atoms with E-state index in [-0.39, 0.29) is 17.4 Å². The average molecular weight is 308 g/mol. The molecule has 2 aromatic heterocycles. The van der Waals surface area contributed by atoms with Gasteiger partial charge in [-0.15, -0.1) is 0 Å². The van der Waals surface area contributed by atoms with Crippen molar-refractivity contribution >= 4 is 28.3 Å². The van der Waals surface area contributed by atoms with Crippen molar-refractivity contribution in [2.75, 3.05) is 11.9 Å². The number of carbonyl (C=O) groups excluding carboxylic acids is 2. The minimum absolute atomic E-state index is 0.0418. The highest BCUT2D eigenvalue weighted by atomic mass is 32.1. The van der Waals surface area contributed by atoms with E-state index in [1.54, 1.807) is 13.8 Å². The Morgan fingerprint density at radius 2 is 2.19 bits per heavy atom. The number of H-pyrrole nitrogens is 1. The van der Waals surface area contributed by atoms with Crippen LogP contribution in [-0.4, -0.2) is 33.7 Å². The van der Waals surface area contributed by atoms with Crippen molar-refractivity contribution in [2.24, 2.45) is 0 Å². The molecule has 0 unspecified atom stereocenters. The molecule has 110 valence electrons. The number of nitrogens with zero attached hydrogens (tertiary/aromatic N) is 2. The number of hydrogen-bond acceptors (Lipinski definition) is 7. The third-order valence-corrected chi connectivity index (χ3v) is 3.44. The molecule has 0 saturated carbocycles. The van der Waals surface area contributed by atoms with Gasteiger partial charge in [-0.25, -0.2) is 14.9 Å². The molecule has 0 aliphatic rings. The summed E-state index contributed by atoms with van der Waals surface area (Å²) < 4.78 is 4.89. The number of esters is 1. The van der Waals surface area contributed by atoms with Gasteiger partial charge in [-0.1, -0.05) is 11.3 Å². The van der Waals surface area contributed by atoms with E-state index in [2.05, 4.69) is 20.5 Å². The van der Waals surface area contributed by atoms with Crippen molar-refractivity contribution in [1.29, 1.82) is 0 Å². The van der Waals surface area contributed by atoms with E-state index in [0.717, 1.165) is 11.3 Å². The standard InChI is InChI=1S/C12H12N4O4S/c1-3-20-11(19)9-6(2)13-12(21-9)14-10(18)7-4-5-8(17)16-15-7/h4-5H,3H2,1-2H3,(H,16,17)(H,13,14,18). The van der Waals surface area contributed by atoms with E-state index < -0.39 is 17.4 Å². The molecule has 2 rings (SSSR count). The third kappa shape index (κ3) is 3.51. The summed E-state index contributed by atoms with van der Waals surface area (Å²) in [4.78, 5) is 38.8. The number of hydrogen-bond donors (Lipinski definition) is 2. The molecular formula is C12H12N4O4S. The Kier molecular flexibility index (Phi) is 4.43. The first-order valence-electron chi connectivity index (χ1n) is 6.03. The summed E-state index contributed by atoms with van der Waals surface area (Å²) in [5, 5.41) is 8.53. The number of aromatic nitrogens is 3. The molecule has 2 aromatic rings. The van der Waals surface area contributed by atoms with Gasteiger partial charge in [-0.3, -0.25) is 14.9 Å². The van der Waals surface area contributed by atoms with Crippen LogP contribution in [0.25, 0.3) is 0 Å². The van der Waals surface area contributed by atoms with Crippen molar-refractivity contribution in [3.8, 4) is 0 Å². The van der Waals surface area contributed by atoms with Crippen LogP contribution in [0.15, 0.2) is 16.9 Å². The summed E-state index contributed by atoms with van der Waals surface area (Å²) in [5.74, 6) is -1.01. The van der Waals surface area contributed by atoms with Gasteiger partial charge < -0.3 is 4.74 Å². The highest BCUT2D eigenvalue weighted by Gasteiger charge is 2.18. The van der Waals surface area contributed by atoms with Gasteiger partial charge in [0.2, 0.25) is 0 Å². The molecule has 0 aromatic carbocycles. The fourth-order valence-corrected chi connectivity index (χ4v) is 2.32. The third-order valence-electron chi connectivity index (χ3n) is 2.39. The van der Waals surface area contributed by atoms with Crippen molar-refractivity contribution in [1.82, 2.24) is 15.2 Å². The van der Waals surface area contributed by atoms with Crippen molar-refractivity contribution in [3.63, 3.8) is 0 Å². The zero-order valence-electron chi connectivity index (χ0n) is 11.3. The predicted molar refractivity (Wildman–Crippen MR) is 75.6 cm³/mol. The molecule has 0 fully saturated rings. The molecule has 0 atom stereocenters. The van der Waals surface area contributed by atoms with Gasteiger partial charge in [0.05, 0.1) is 12.3 Å². The lowest BCUT2D eigenvalue weighted by Gasteiger charge is -1.99. The second-order valence-corrected chi connectivity index (χ2v) is 4.91. The monoisotopic (exact) mass is 308 g/mol. The van der Waals surface area contributed by atoms with Crippen molar-refractivity contribution in [3.05, 3.63) is 38.8 Å². The number of nitrogens with one attached hydrogen (secondary N) is 2. The lowest BCUT2D eigenvalue weighted by molar-refractivity contribution is 0.0531. The highest BCUT2D eigenvalue weighted by molar-refractivity contribution is 7.17. The van der Waals surface area contributed by atoms with E-state index >= 15 is 0 Å². The number of aromatic amines is 1. The molecule has 0 aliphatic heterocycles. The fraction of sp³-hybridized carbons (Fsp3) is 0.250. The Morgan fingerprint density at radius 3 is 2.81 bits per heavy atom. The topological polar surface area (TPSA) is 114 Å². The number of carbonyl (C=O) groups is 2. The Hall–Kier alpha value is -2.55. The second kappa shape index (κ2) is 6.27. The number of amides is 1. The van der Waals surface area contributed by atoms with E-state index in [1.165, 1.54) is 12.1 Å². The molecule has 1 amide bonds. The Labute approximate surface area is 123 Å². The summed E-state index contributed by atoms with van der Waals surface area (Å²) in [7, 11) is 0. The summed E-state index contributed by atoms with van der Waals surface area (Å²) in [6, 6.07) is 2.49. The fourth-order valence-electron chi connectivity index (χ4n) is 1.47. The molecule has 0 radical (unpaired) electrons. The number of thiazole rings is 1. The Bertz CT molecular complexity index is 717. The number of aryl methyl sites for hydroxylation is 1. The first-order valence-corrected chi connectivity index (χ1v) is 6.84. The van der Waals surface area contributed by atoms with E-state index in [4.69, 9.17) is 4.74 Å². The van der Waals surface area contributed by atoms with Crippen molar-refractivity contribution < 1.29 is 14.3 Å². The number of anilines is 1. The smallest absolute Gasteiger partial charge is 0.350 e. The van der Waals surface area contributed by atoms with E-state index in [0.29, 0.717) is 10.6 Å². The zero-order valence-corrected chi connectivity index (χ0v) is 12.1. The van der Waals surface area contributed by atoms with Crippen LogP contribution >= 0.6 is 11.3 Å². The zero-order chi connectivity index (χ0) is 15.4. The maximum Gasteiger partial charge on any atom is 0.350 e. The van der Waals surface area contributed by atoms with Crippen LogP contribution in [0.5, 0.6) is 0 Å². The SMILES string of the molecule is CCOC(=O)c1sc(NC(=O)c2ccc(=O)[nH]n2)nc1C. The van der Waals surface area contributed by atoms with Gasteiger partial charge in [-0.05, 0) is 19.9 Å². The molecule has 2 heterocycles. The Morgan fingerprint density at radius 1 is 1.43 bits per heavy atom. The highest BCUT2D eigenvalue weighted by Crippen LogP contribution is 2.23. The van der Waals surface area contributed by atoms with Crippen molar-refractivity contribution in [2.45, 2.75) is 13.8 Å². The molecule has 0 saturated heterocycles. The molecular weight excluding hydrogens is 296 g/mol. The van der Waals surface area contributed by atoms with Crippen LogP contribution in [0.4, 0.5) is 5.13 Å². The molecule has 0 bridgehead atoms. The maximum absolute atomic E-state index is 11.9. The van der Waals surface area contributed by atoms with Crippen LogP contribution in [0.2, 0.25) is 0 Å². The van der Waals surface area contributed by atoms with Crippen LogP contribution in [0.3, 0.4) is 0 Å². The molecule has 8 nitrogen and oxygen atoms in total. The summed E-state index contributed by atoms with van der Waals surface area (Å²) in [6.07, 6.45) is 0. The number of rotatable bonds is 4. The second-order valence-electron chi connectivity index (χ2n) is 3.91. The summed E-state index contributed by atoms with van der Waals surface area (Å²) >= 11 is 1.02. The molecule has 0 aliphatic carbocycles. The number of ether oxygens (including phenoxy) is 1. The predicted octanol–water partition coefficient (Wildman–Crippen LogP) is 0.964. The first kappa shape index (κ1) is 14.9. The summed E-state index contributed by atoms with van der Waals surface area (Å²) in [6.45, 7) is 3.62. The normalized spacial score (nSPS) is 10.2. The van der Waals surface area contributed by atoms with Crippen LogP contribution in [-0.2, 0) is 4.74 Å². The van der Waals surface area contributed by atoms with Gasteiger partial charge in [0, 0.05) is 6.07 Å². The van der Waals surface area contributed by atoms with E-state index in [9.17, 15) is 14.4 Å². The Balaban J connectivity index is 2.15. The molecule has 2 N–H and O–H groups in total. The maximum atomic E-state index is 11.9. The lowest BCUT2D eigenvalue weighted by atomic mass is 10.4. The first-order chi connectivity index (χ1) is 10.0. The minimum Gasteiger partial charge on any atom is -0.462 e.